The lowest BCUT2D eigenvalue weighted by Gasteiger charge is -1.99. The van der Waals surface area contributed by atoms with Gasteiger partial charge in [0.15, 0.2) is 0 Å². The zero-order valence-electron chi connectivity index (χ0n) is 7.75. The molecule has 1 aromatic carbocycles. The number of thiophene rings is 1. The first-order valence-electron chi connectivity index (χ1n) is 4.28. The Morgan fingerprint density at radius 2 is 1.86 bits per heavy atom. The van der Waals surface area contributed by atoms with Gasteiger partial charge in [-0.3, -0.25) is 0 Å². The van der Waals surface area contributed by atoms with Crippen molar-refractivity contribution in [2.75, 3.05) is 5.73 Å². The van der Waals surface area contributed by atoms with Crippen LogP contribution in [0.1, 0.15) is 4.88 Å². The summed E-state index contributed by atoms with van der Waals surface area (Å²) in [5, 5.41) is 1.61. The fourth-order valence-electron chi connectivity index (χ4n) is 1.42. The lowest BCUT2D eigenvalue weighted by atomic mass is 10.1. The fraction of sp³-hybridized carbons (Fsp3) is 0.0909. The number of rotatable bonds is 1. The summed E-state index contributed by atoms with van der Waals surface area (Å²) in [7, 11) is 0. The van der Waals surface area contributed by atoms with Gasteiger partial charge >= 0.3 is 0 Å². The van der Waals surface area contributed by atoms with E-state index in [0.29, 0.717) is 0 Å². The minimum Gasteiger partial charge on any atom is -0.391 e. The standard InChI is InChI=1S/C11H10ClNS/c1-7-10(6-11(13)14-7)8-2-4-9(12)5-3-8/h2-6H,13H2,1H3. The van der Waals surface area contributed by atoms with Crippen LogP contribution in [0.4, 0.5) is 5.00 Å². The van der Waals surface area contributed by atoms with Gasteiger partial charge in [0.1, 0.15) is 0 Å². The number of hydrogen-bond acceptors (Lipinski definition) is 2. The molecule has 0 aliphatic carbocycles. The molecular weight excluding hydrogens is 214 g/mol. The van der Waals surface area contributed by atoms with Crippen molar-refractivity contribution in [1.82, 2.24) is 0 Å². The molecule has 1 aromatic heterocycles. The molecule has 0 saturated heterocycles. The molecule has 0 amide bonds. The van der Waals surface area contributed by atoms with E-state index >= 15 is 0 Å². The number of nitrogens with two attached hydrogens (primary N) is 1. The van der Waals surface area contributed by atoms with Gasteiger partial charge in [0.05, 0.1) is 5.00 Å². The van der Waals surface area contributed by atoms with Crippen molar-refractivity contribution in [1.29, 1.82) is 0 Å². The molecule has 14 heavy (non-hydrogen) atoms. The molecule has 0 fully saturated rings. The first-order chi connectivity index (χ1) is 6.66. The summed E-state index contributed by atoms with van der Waals surface area (Å²) in [5.74, 6) is 0. The average molecular weight is 224 g/mol. The van der Waals surface area contributed by atoms with E-state index in [4.69, 9.17) is 17.3 Å². The number of anilines is 1. The molecule has 2 aromatic rings. The lowest BCUT2D eigenvalue weighted by molar-refractivity contribution is 1.58. The van der Waals surface area contributed by atoms with E-state index in [0.717, 1.165) is 10.0 Å². The van der Waals surface area contributed by atoms with Crippen LogP contribution < -0.4 is 5.73 Å². The summed E-state index contributed by atoms with van der Waals surface area (Å²) in [6, 6.07) is 9.81. The number of aryl methyl sites for hydroxylation is 1. The Morgan fingerprint density at radius 3 is 2.36 bits per heavy atom. The first-order valence-corrected chi connectivity index (χ1v) is 5.48. The molecule has 3 heteroatoms. The third-order valence-corrected chi connectivity index (χ3v) is 3.22. The van der Waals surface area contributed by atoms with Gasteiger partial charge < -0.3 is 5.73 Å². The molecule has 0 aliphatic rings. The Balaban J connectivity index is 2.49. The van der Waals surface area contributed by atoms with Crippen LogP contribution in [0, 0.1) is 6.92 Å². The Hall–Kier alpha value is -0.990. The van der Waals surface area contributed by atoms with Gasteiger partial charge in [-0.25, -0.2) is 0 Å². The van der Waals surface area contributed by atoms with Crippen LogP contribution in [0.25, 0.3) is 11.1 Å². The van der Waals surface area contributed by atoms with Gasteiger partial charge in [0.2, 0.25) is 0 Å². The molecule has 0 saturated carbocycles. The summed E-state index contributed by atoms with van der Waals surface area (Å²) < 4.78 is 0. The van der Waals surface area contributed by atoms with Crippen molar-refractivity contribution < 1.29 is 0 Å². The lowest BCUT2D eigenvalue weighted by Crippen LogP contribution is -1.77. The number of benzene rings is 1. The van der Waals surface area contributed by atoms with Crippen LogP contribution in [-0.4, -0.2) is 0 Å². The molecule has 0 atom stereocenters. The van der Waals surface area contributed by atoms with E-state index < -0.39 is 0 Å². The van der Waals surface area contributed by atoms with E-state index in [9.17, 15) is 0 Å². The van der Waals surface area contributed by atoms with Gasteiger partial charge in [-0.2, -0.15) is 0 Å². The van der Waals surface area contributed by atoms with Crippen molar-refractivity contribution in [2.45, 2.75) is 6.92 Å². The maximum Gasteiger partial charge on any atom is 0.0865 e. The minimum atomic E-state index is 0.759. The molecule has 0 spiro atoms. The van der Waals surface area contributed by atoms with Crippen molar-refractivity contribution in [3.8, 4) is 11.1 Å². The van der Waals surface area contributed by atoms with Crippen molar-refractivity contribution >= 4 is 27.9 Å². The molecule has 0 unspecified atom stereocenters. The molecule has 1 nitrogen and oxygen atoms in total. The van der Waals surface area contributed by atoms with E-state index in [1.54, 1.807) is 11.3 Å². The quantitative estimate of drug-likeness (QED) is 0.778. The highest BCUT2D eigenvalue weighted by Crippen LogP contribution is 2.32. The highest BCUT2D eigenvalue weighted by atomic mass is 35.5. The number of hydrogen-bond donors (Lipinski definition) is 1. The van der Waals surface area contributed by atoms with E-state index in [2.05, 4.69) is 6.92 Å². The summed E-state index contributed by atoms with van der Waals surface area (Å²) in [4.78, 5) is 1.24. The Kier molecular flexibility index (Phi) is 2.48. The largest absolute Gasteiger partial charge is 0.391 e. The normalized spacial score (nSPS) is 10.4. The van der Waals surface area contributed by atoms with Crippen LogP contribution >= 0.6 is 22.9 Å². The molecule has 72 valence electrons. The van der Waals surface area contributed by atoms with Gasteiger partial charge in [-0.1, -0.05) is 23.7 Å². The highest BCUT2D eigenvalue weighted by Gasteiger charge is 2.05. The van der Waals surface area contributed by atoms with E-state index in [1.165, 1.54) is 16.0 Å². The maximum absolute atomic E-state index is 5.82. The van der Waals surface area contributed by atoms with Crippen LogP contribution in [0.15, 0.2) is 30.3 Å². The SMILES string of the molecule is Cc1sc(N)cc1-c1ccc(Cl)cc1. The summed E-state index contributed by atoms with van der Waals surface area (Å²) in [5.41, 5.74) is 8.10. The topological polar surface area (TPSA) is 26.0 Å². The van der Waals surface area contributed by atoms with Gasteiger partial charge in [-0.15, -0.1) is 11.3 Å². The highest BCUT2D eigenvalue weighted by molar-refractivity contribution is 7.16. The van der Waals surface area contributed by atoms with E-state index in [1.807, 2.05) is 30.3 Å². The molecule has 0 radical (unpaired) electrons. The molecular formula is C11H10ClNS. The Labute approximate surface area is 92.1 Å². The van der Waals surface area contributed by atoms with Gasteiger partial charge in [0, 0.05) is 9.90 Å². The smallest absolute Gasteiger partial charge is 0.0865 e. The van der Waals surface area contributed by atoms with Crippen LogP contribution in [-0.2, 0) is 0 Å². The molecule has 0 aliphatic heterocycles. The van der Waals surface area contributed by atoms with E-state index in [-0.39, 0.29) is 0 Å². The second-order valence-electron chi connectivity index (χ2n) is 3.13. The van der Waals surface area contributed by atoms with Crippen LogP contribution in [0.3, 0.4) is 0 Å². The maximum atomic E-state index is 5.82. The monoisotopic (exact) mass is 223 g/mol. The predicted molar refractivity (Wildman–Crippen MR) is 63.9 cm³/mol. The molecule has 0 bridgehead atoms. The summed E-state index contributed by atoms with van der Waals surface area (Å²) in [6.07, 6.45) is 0. The molecule has 2 rings (SSSR count). The van der Waals surface area contributed by atoms with Crippen molar-refractivity contribution in [3.05, 3.63) is 40.2 Å². The average Bonchev–Trinajstić information content (AvgIpc) is 2.47. The van der Waals surface area contributed by atoms with Crippen LogP contribution in [0.5, 0.6) is 0 Å². The number of halogens is 1. The first kappa shape index (κ1) is 9.56. The fourth-order valence-corrected chi connectivity index (χ4v) is 2.36. The minimum absolute atomic E-state index is 0.759. The second-order valence-corrected chi connectivity index (χ2v) is 4.85. The molecule has 1 heterocycles. The van der Waals surface area contributed by atoms with Gasteiger partial charge in [0.25, 0.3) is 0 Å². The second kappa shape index (κ2) is 3.64. The van der Waals surface area contributed by atoms with Crippen LogP contribution in [0.2, 0.25) is 5.02 Å². The Morgan fingerprint density at radius 1 is 1.21 bits per heavy atom. The zero-order valence-corrected chi connectivity index (χ0v) is 9.32. The zero-order chi connectivity index (χ0) is 10.1. The summed E-state index contributed by atoms with van der Waals surface area (Å²) in [6.45, 7) is 2.07. The van der Waals surface area contributed by atoms with Crippen molar-refractivity contribution in [2.24, 2.45) is 0 Å². The van der Waals surface area contributed by atoms with Crippen molar-refractivity contribution in [3.63, 3.8) is 0 Å². The third-order valence-electron chi connectivity index (χ3n) is 2.09. The third kappa shape index (κ3) is 1.76. The summed E-state index contributed by atoms with van der Waals surface area (Å²) >= 11 is 7.44. The Bertz CT molecular complexity index is 445. The molecule has 2 N–H and O–H groups in total. The number of nitrogen functional groups attached to an aromatic ring is 1. The predicted octanol–water partition coefficient (Wildman–Crippen LogP) is 3.96. The van der Waals surface area contributed by atoms with Gasteiger partial charge in [-0.05, 0) is 36.2 Å².